The van der Waals surface area contributed by atoms with Crippen LogP contribution in [-0.2, 0) is 11.2 Å². The third-order valence-corrected chi connectivity index (χ3v) is 6.44. The van der Waals surface area contributed by atoms with E-state index in [2.05, 4.69) is 38.1 Å². The zero-order valence-corrected chi connectivity index (χ0v) is 16.6. The van der Waals surface area contributed by atoms with Crippen molar-refractivity contribution in [3.63, 3.8) is 0 Å². The van der Waals surface area contributed by atoms with E-state index in [9.17, 15) is 9.59 Å². The molecule has 1 atom stereocenters. The van der Waals surface area contributed by atoms with E-state index in [-0.39, 0.29) is 11.5 Å². The van der Waals surface area contributed by atoms with Crippen molar-refractivity contribution in [2.24, 2.45) is 0 Å². The lowest BCUT2D eigenvalue weighted by molar-refractivity contribution is -0.116. The summed E-state index contributed by atoms with van der Waals surface area (Å²) in [5.74, 6) is 0.0964. The topological polar surface area (TPSA) is 62.9 Å². The van der Waals surface area contributed by atoms with E-state index in [1.165, 1.54) is 32.7 Å². The van der Waals surface area contributed by atoms with Gasteiger partial charge in [0.1, 0.15) is 12.1 Å². The van der Waals surface area contributed by atoms with Crippen LogP contribution >= 0.6 is 11.8 Å². The van der Waals surface area contributed by atoms with E-state index in [1.807, 2.05) is 18.2 Å². The van der Waals surface area contributed by atoms with Crippen molar-refractivity contribution in [1.29, 1.82) is 5.26 Å². The second kappa shape index (κ2) is 7.29. The van der Waals surface area contributed by atoms with E-state index in [4.69, 9.17) is 5.26 Å². The highest BCUT2D eigenvalue weighted by Gasteiger charge is 2.33. The number of thioether (sulfide) groups is 1. The van der Waals surface area contributed by atoms with Crippen LogP contribution in [0.15, 0.2) is 58.4 Å². The van der Waals surface area contributed by atoms with Gasteiger partial charge in [0.25, 0.3) is 11.3 Å². The van der Waals surface area contributed by atoms with Gasteiger partial charge in [-0.25, -0.2) is 0 Å². The smallest absolute Gasteiger partial charge is 0.255 e. The number of fused-ring (bicyclic) bond motifs is 2. The Morgan fingerprint density at radius 1 is 1.21 bits per heavy atom. The number of hydrogen-bond donors (Lipinski definition) is 0. The number of nitrogens with zero attached hydrogens (tertiary/aromatic N) is 2. The largest absolute Gasteiger partial charge is 0.290 e. The first kappa shape index (κ1) is 18.5. The molecule has 4 rings (SSSR count). The molecule has 0 unspecified atom stereocenters. The maximum absolute atomic E-state index is 12.9. The Morgan fingerprint density at radius 2 is 1.96 bits per heavy atom. The van der Waals surface area contributed by atoms with Crippen LogP contribution in [-0.4, -0.2) is 16.1 Å². The number of ketones is 1. The molecule has 0 aliphatic carbocycles. The van der Waals surface area contributed by atoms with Gasteiger partial charge >= 0.3 is 0 Å². The van der Waals surface area contributed by atoms with Gasteiger partial charge in [0.15, 0.2) is 0 Å². The monoisotopic (exact) mass is 388 g/mol. The third-order valence-electron chi connectivity index (χ3n) is 5.27. The van der Waals surface area contributed by atoms with Crippen molar-refractivity contribution in [2.75, 3.05) is 5.75 Å². The number of benzene rings is 2. The van der Waals surface area contributed by atoms with Gasteiger partial charge in [-0.2, -0.15) is 5.26 Å². The molecule has 3 aromatic rings. The maximum atomic E-state index is 12.9. The summed E-state index contributed by atoms with van der Waals surface area (Å²) in [6, 6.07) is 17.2. The maximum Gasteiger partial charge on any atom is 0.255 e. The molecule has 2 heterocycles. The molecule has 0 saturated heterocycles. The fraction of sp³-hybridized carbons (Fsp3) is 0.261. The van der Waals surface area contributed by atoms with Crippen molar-refractivity contribution >= 4 is 28.3 Å². The number of aromatic nitrogens is 1. The van der Waals surface area contributed by atoms with Crippen LogP contribution in [0.25, 0.3) is 10.8 Å². The van der Waals surface area contributed by atoms with Crippen molar-refractivity contribution in [3.05, 3.63) is 75.6 Å². The van der Waals surface area contributed by atoms with Crippen LogP contribution in [0.4, 0.5) is 0 Å². The van der Waals surface area contributed by atoms with Crippen LogP contribution in [0.3, 0.4) is 0 Å². The minimum Gasteiger partial charge on any atom is -0.290 e. The van der Waals surface area contributed by atoms with E-state index in [1.54, 1.807) is 12.1 Å². The summed E-state index contributed by atoms with van der Waals surface area (Å²) in [4.78, 5) is 24.9. The first-order valence-corrected chi connectivity index (χ1v) is 10.3. The summed E-state index contributed by atoms with van der Waals surface area (Å²) >= 11 is 1.51. The Bertz CT molecular complexity index is 1180. The van der Waals surface area contributed by atoms with Crippen LogP contribution < -0.4 is 5.56 Å². The molecule has 28 heavy (non-hydrogen) atoms. The van der Waals surface area contributed by atoms with E-state index >= 15 is 0 Å². The molecule has 5 heteroatoms. The Hall–Kier alpha value is -2.84. The van der Waals surface area contributed by atoms with Gasteiger partial charge in [0.05, 0.1) is 5.03 Å². The highest BCUT2D eigenvalue weighted by atomic mass is 32.2. The lowest BCUT2D eigenvalue weighted by Crippen LogP contribution is -2.29. The number of hydrogen-bond acceptors (Lipinski definition) is 4. The fourth-order valence-corrected chi connectivity index (χ4v) is 5.52. The molecule has 1 aromatic heterocycles. The number of rotatable bonds is 4. The molecule has 0 N–H and O–H groups in total. The Morgan fingerprint density at radius 3 is 2.71 bits per heavy atom. The predicted molar refractivity (Wildman–Crippen MR) is 112 cm³/mol. The van der Waals surface area contributed by atoms with Gasteiger partial charge in [-0.05, 0) is 39.8 Å². The predicted octanol–water partition coefficient (Wildman–Crippen LogP) is 4.46. The lowest BCUT2D eigenvalue weighted by Gasteiger charge is -2.19. The number of pyridine rings is 1. The van der Waals surface area contributed by atoms with Crippen LogP contribution in [0.5, 0.6) is 0 Å². The molecular weight excluding hydrogens is 368 g/mol. The Kier molecular flexibility index (Phi) is 4.82. The van der Waals surface area contributed by atoms with Crippen molar-refractivity contribution in [1.82, 2.24) is 4.57 Å². The quantitative estimate of drug-likeness (QED) is 0.619. The van der Waals surface area contributed by atoms with Crippen molar-refractivity contribution < 1.29 is 4.79 Å². The number of nitriles is 1. The summed E-state index contributed by atoms with van der Waals surface area (Å²) < 4.78 is 1.53. The molecule has 0 amide bonds. The molecule has 0 bridgehead atoms. The first-order chi connectivity index (χ1) is 13.5. The Labute approximate surface area is 167 Å². The summed E-state index contributed by atoms with van der Waals surface area (Å²) in [5, 5.41) is 12.2. The zero-order chi connectivity index (χ0) is 19.8. The minimum absolute atomic E-state index is 0.201. The lowest BCUT2D eigenvalue weighted by atomic mass is 9.92. The molecule has 0 spiro atoms. The number of carbonyl (C=O) groups is 1. The summed E-state index contributed by atoms with van der Waals surface area (Å²) in [6.45, 7) is 4.21. The highest BCUT2D eigenvalue weighted by molar-refractivity contribution is 7.99. The van der Waals surface area contributed by atoms with Crippen LogP contribution in [0, 0.1) is 11.3 Å². The van der Waals surface area contributed by atoms with Gasteiger partial charge in [0, 0.05) is 11.8 Å². The van der Waals surface area contributed by atoms with Gasteiger partial charge in [-0.1, -0.05) is 56.3 Å². The molecule has 1 aliphatic heterocycles. The molecule has 140 valence electrons. The minimum atomic E-state index is -0.679. The van der Waals surface area contributed by atoms with Crippen molar-refractivity contribution in [2.45, 2.75) is 37.3 Å². The second-order valence-electron chi connectivity index (χ2n) is 7.37. The molecule has 0 saturated carbocycles. The van der Waals surface area contributed by atoms with E-state index < -0.39 is 11.8 Å². The average molecular weight is 388 g/mol. The molecule has 0 fully saturated rings. The normalized spacial score (nSPS) is 15.6. The molecule has 1 aliphatic rings. The number of Topliss-reactive ketones (excluding diaryl/α,β-unsaturated/α-hetero) is 1. The van der Waals surface area contributed by atoms with Gasteiger partial charge < -0.3 is 0 Å². The van der Waals surface area contributed by atoms with Gasteiger partial charge in [0.2, 0.25) is 0 Å². The van der Waals surface area contributed by atoms with Crippen molar-refractivity contribution in [3.8, 4) is 6.07 Å². The highest BCUT2D eigenvalue weighted by Crippen LogP contribution is 2.39. The summed E-state index contributed by atoms with van der Waals surface area (Å²) in [6.07, 6.45) is 0.662. The van der Waals surface area contributed by atoms with E-state index in [0.717, 1.165) is 16.2 Å². The van der Waals surface area contributed by atoms with Gasteiger partial charge in [-0.3, -0.25) is 14.2 Å². The SMILES string of the molecule is CC(C)c1c(Cc2cccc3ccccc23)cc(=O)n2c1SC[C@H]2C(=O)C#N. The second-order valence-corrected chi connectivity index (χ2v) is 8.38. The number of carbonyl (C=O) groups excluding carboxylic acids is 1. The fourth-order valence-electron chi connectivity index (χ4n) is 4.02. The molecule has 4 nitrogen and oxygen atoms in total. The summed E-state index contributed by atoms with van der Waals surface area (Å²) in [5.41, 5.74) is 3.08. The molecule has 0 radical (unpaired) electrons. The first-order valence-electron chi connectivity index (χ1n) is 9.33. The molecular formula is C23H20N2O2S. The zero-order valence-electron chi connectivity index (χ0n) is 15.8. The van der Waals surface area contributed by atoms with E-state index in [0.29, 0.717) is 12.2 Å². The Balaban J connectivity index is 1.87. The third kappa shape index (κ3) is 3.04. The summed E-state index contributed by atoms with van der Waals surface area (Å²) in [7, 11) is 0. The van der Waals surface area contributed by atoms with Gasteiger partial charge in [-0.15, -0.1) is 11.8 Å². The van der Waals surface area contributed by atoms with Crippen LogP contribution in [0.1, 0.15) is 42.5 Å². The average Bonchev–Trinajstić information content (AvgIpc) is 3.13. The van der Waals surface area contributed by atoms with Crippen LogP contribution in [0.2, 0.25) is 0 Å². The molecule has 2 aromatic carbocycles. The standard InChI is InChI=1S/C23H20N2O2S/c1-14(2)22-17(10-16-8-5-7-15-6-3-4-9-18(15)16)11-21(27)25-19(20(26)12-24)13-28-23(22)25/h3-9,11,14,19H,10,13H2,1-2H3/t19-/m0/s1.